The average molecular weight is 318 g/mol. The van der Waals surface area contributed by atoms with Gasteiger partial charge in [0.2, 0.25) is 5.82 Å². The lowest BCUT2D eigenvalue weighted by atomic mass is 9.70. The van der Waals surface area contributed by atoms with E-state index in [2.05, 4.69) is 0 Å². The van der Waals surface area contributed by atoms with E-state index in [0.29, 0.717) is 18.4 Å². The Morgan fingerprint density at radius 2 is 1.36 bits per heavy atom. The molecule has 0 radical (unpaired) electrons. The van der Waals surface area contributed by atoms with Gasteiger partial charge >= 0.3 is 0 Å². The predicted molar refractivity (Wildman–Crippen MR) is 70.9 cm³/mol. The number of Topliss-reactive ketones (excluding diaryl/α,β-unsaturated/α-hetero) is 1. The van der Waals surface area contributed by atoms with Gasteiger partial charge in [-0.05, 0) is 31.6 Å². The van der Waals surface area contributed by atoms with Crippen molar-refractivity contribution in [1.82, 2.24) is 0 Å². The van der Waals surface area contributed by atoms with E-state index in [1.165, 1.54) is 0 Å². The van der Waals surface area contributed by atoms with E-state index in [4.69, 9.17) is 0 Å². The molecule has 0 saturated carbocycles. The van der Waals surface area contributed by atoms with Crippen molar-refractivity contribution in [3.05, 3.63) is 45.8 Å². The van der Waals surface area contributed by atoms with Gasteiger partial charge in [0.15, 0.2) is 29.1 Å². The van der Waals surface area contributed by atoms with E-state index in [1.807, 2.05) is 0 Å². The van der Waals surface area contributed by atoms with Crippen molar-refractivity contribution in [2.45, 2.75) is 40.0 Å². The average Bonchev–Trinajstić information content (AvgIpc) is 2.42. The zero-order valence-corrected chi connectivity index (χ0v) is 12.4. The second-order valence-corrected chi connectivity index (χ2v) is 6.17. The SMILES string of the molecule is CC1=C(C(=O)c2c(F)c(F)c(F)c(F)c2F)C(C)(C)CCC1. The van der Waals surface area contributed by atoms with Crippen molar-refractivity contribution in [2.75, 3.05) is 0 Å². The first-order chi connectivity index (χ1) is 10.1. The zero-order valence-electron chi connectivity index (χ0n) is 12.4. The van der Waals surface area contributed by atoms with Crippen molar-refractivity contribution >= 4 is 5.78 Å². The molecule has 6 heteroatoms. The summed E-state index contributed by atoms with van der Waals surface area (Å²) in [6.45, 7) is 5.07. The maximum absolute atomic E-state index is 13.8. The maximum Gasteiger partial charge on any atom is 0.200 e. The highest BCUT2D eigenvalue weighted by Gasteiger charge is 2.38. The van der Waals surface area contributed by atoms with E-state index in [9.17, 15) is 26.7 Å². The lowest BCUT2D eigenvalue weighted by Gasteiger charge is -2.33. The summed E-state index contributed by atoms with van der Waals surface area (Å²) in [7, 11) is 0. The van der Waals surface area contributed by atoms with Crippen molar-refractivity contribution in [3.8, 4) is 0 Å². The Morgan fingerprint density at radius 1 is 0.909 bits per heavy atom. The topological polar surface area (TPSA) is 17.1 Å². The van der Waals surface area contributed by atoms with E-state index in [0.717, 1.165) is 6.42 Å². The van der Waals surface area contributed by atoms with E-state index in [1.54, 1.807) is 20.8 Å². The fourth-order valence-corrected chi connectivity index (χ4v) is 3.05. The van der Waals surface area contributed by atoms with E-state index in [-0.39, 0.29) is 5.57 Å². The predicted octanol–water partition coefficient (Wildman–Crippen LogP) is 5.09. The lowest BCUT2D eigenvalue weighted by molar-refractivity contribution is 0.0986. The Kier molecular flexibility index (Phi) is 4.15. The fourth-order valence-electron chi connectivity index (χ4n) is 3.05. The lowest BCUT2D eigenvalue weighted by Crippen LogP contribution is -2.28. The molecule has 0 fully saturated rings. The number of halogens is 5. The Labute approximate surface area is 124 Å². The summed E-state index contributed by atoms with van der Waals surface area (Å²) >= 11 is 0. The summed E-state index contributed by atoms with van der Waals surface area (Å²) in [6, 6.07) is 0. The van der Waals surface area contributed by atoms with E-state index < -0.39 is 45.8 Å². The van der Waals surface area contributed by atoms with Crippen LogP contribution in [-0.4, -0.2) is 5.78 Å². The Balaban J connectivity index is 2.70. The first-order valence-electron chi connectivity index (χ1n) is 6.86. The number of allylic oxidation sites excluding steroid dienone is 2. The van der Waals surface area contributed by atoms with Crippen LogP contribution < -0.4 is 0 Å². The molecule has 0 amide bonds. The molecule has 2 rings (SSSR count). The number of benzene rings is 1. The van der Waals surface area contributed by atoms with Gasteiger partial charge in [-0.3, -0.25) is 4.79 Å². The van der Waals surface area contributed by atoms with Crippen LogP contribution in [0.5, 0.6) is 0 Å². The third-order valence-electron chi connectivity index (χ3n) is 4.12. The van der Waals surface area contributed by atoms with Crippen molar-refractivity contribution in [3.63, 3.8) is 0 Å². The zero-order chi connectivity index (χ0) is 16.8. The van der Waals surface area contributed by atoms with Gasteiger partial charge < -0.3 is 0 Å². The summed E-state index contributed by atoms with van der Waals surface area (Å²) in [4.78, 5) is 12.5. The molecular weight excluding hydrogens is 303 g/mol. The van der Waals surface area contributed by atoms with Gasteiger partial charge in [0.25, 0.3) is 0 Å². The molecule has 0 heterocycles. The number of ketones is 1. The number of rotatable bonds is 2. The summed E-state index contributed by atoms with van der Waals surface area (Å²) in [5, 5.41) is 0. The molecule has 22 heavy (non-hydrogen) atoms. The third kappa shape index (κ3) is 2.44. The number of carbonyl (C=O) groups is 1. The van der Waals surface area contributed by atoms with Gasteiger partial charge in [-0.25, -0.2) is 22.0 Å². The largest absolute Gasteiger partial charge is 0.289 e. The van der Waals surface area contributed by atoms with Crippen LogP contribution in [0.2, 0.25) is 0 Å². The van der Waals surface area contributed by atoms with Crippen molar-refractivity contribution in [1.29, 1.82) is 0 Å². The molecule has 0 bridgehead atoms. The Morgan fingerprint density at radius 3 is 1.82 bits per heavy atom. The van der Waals surface area contributed by atoms with Crippen LogP contribution in [0.1, 0.15) is 50.4 Å². The number of carbonyl (C=O) groups excluding carboxylic acids is 1. The molecule has 1 aliphatic carbocycles. The summed E-state index contributed by atoms with van der Waals surface area (Å²) < 4.78 is 67.3. The first kappa shape index (κ1) is 16.6. The minimum atomic E-state index is -2.26. The van der Waals surface area contributed by atoms with E-state index >= 15 is 0 Å². The standard InChI is InChI=1S/C16H15F5O/c1-7-5-4-6-16(2,3)9(7)15(22)8-10(17)12(19)14(21)13(20)11(8)18/h4-6H2,1-3H3. The highest BCUT2D eigenvalue weighted by molar-refractivity contribution is 6.10. The fraction of sp³-hybridized carbons (Fsp3) is 0.438. The highest BCUT2D eigenvalue weighted by atomic mass is 19.2. The monoisotopic (exact) mass is 318 g/mol. The summed E-state index contributed by atoms with van der Waals surface area (Å²) in [5.74, 6) is -11.8. The second-order valence-electron chi connectivity index (χ2n) is 6.17. The first-order valence-corrected chi connectivity index (χ1v) is 6.86. The number of hydrogen-bond donors (Lipinski definition) is 0. The van der Waals surface area contributed by atoms with Gasteiger partial charge in [0, 0.05) is 5.57 Å². The Hall–Kier alpha value is -1.72. The van der Waals surface area contributed by atoms with Crippen LogP contribution in [0.4, 0.5) is 22.0 Å². The minimum absolute atomic E-state index is 0.127. The van der Waals surface area contributed by atoms with Crippen LogP contribution >= 0.6 is 0 Å². The molecule has 120 valence electrons. The quantitative estimate of drug-likeness (QED) is 0.321. The third-order valence-corrected chi connectivity index (χ3v) is 4.12. The van der Waals surface area contributed by atoms with Crippen LogP contribution in [0.3, 0.4) is 0 Å². The van der Waals surface area contributed by atoms with Crippen molar-refractivity contribution in [2.24, 2.45) is 5.41 Å². The molecule has 1 aromatic carbocycles. The molecule has 0 atom stereocenters. The molecule has 1 aliphatic rings. The molecule has 0 unspecified atom stereocenters. The smallest absolute Gasteiger partial charge is 0.200 e. The second kappa shape index (κ2) is 5.48. The van der Waals surface area contributed by atoms with Gasteiger partial charge in [0.1, 0.15) is 0 Å². The van der Waals surface area contributed by atoms with Gasteiger partial charge in [-0.15, -0.1) is 0 Å². The summed E-state index contributed by atoms with van der Waals surface area (Å²) in [5.41, 5.74) is -1.31. The van der Waals surface area contributed by atoms with Gasteiger partial charge in [-0.2, -0.15) is 0 Å². The Bertz CT molecular complexity index is 659. The van der Waals surface area contributed by atoms with Gasteiger partial charge in [0.05, 0.1) is 5.56 Å². The van der Waals surface area contributed by atoms with Crippen LogP contribution in [-0.2, 0) is 0 Å². The minimum Gasteiger partial charge on any atom is -0.289 e. The molecule has 0 saturated heterocycles. The number of hydrogen-bond acceptors (Lipinski definition) is 1. The van der Waals surface area contributed by atoms with Crippen molar-refractivity contribution < 1.29 is 26.7 Å². The van der Waals surface area contributed by atoms with Gasteiger partial charge in [-0.1, -0.05) is 19.4 Å². The molecule has 0 N–H and O–H groups in total. The van der Waals surface area contributed by atoms with Crippen LogP contribution in [0.15, 0.2) is 11.1 Å². The summed E-state index contributed by atoms with van der Waals surface area (Å²) in [6.07, 6.45) is 1.95. The molecular formula is C16H15F5O. The molecule has 0 aromatic heterocycles. The van der Waals surface area contributed by atoms with Crippen LogP contribution in [0.25, 0.3) is 0 Å². The maximum atomic E-state index is 13.8. The normalized spacial score (nSPS) is 17.8. The molecule has 1 nitrogen and oxygen atoms in total. The molecule has 0 spiro atoms. The molecule has 1 aromatic rings. The van der Waals surface area contributed by atoms with Crippen LogP contribution in [0, 0.1) is 34.5 Å². The highest BCUT2D eigenvalue weighted by Crippen LogP contribution is 2.42. The molecule has 0 aliphatic heterocycles.